The van der Waals surface area contributed by atoms with Crippen molar-refractivity contribution in [2.75, 3.05) is 26.2 Å². The minimum atomic E-state index is -5.90. The standard InChI is InChI=1S/C25H28F6N2O.C2HF3O2/c1-2-18-13-17(14-33-11-9-22(10-12-33)15-32-16-22)3-8-21(18)19-4-6-20(7-5-19)23(34,24(26,27)28)25(29,30)31;3-2(4,5)1(6)7/h3-8,13,32,34H,2,9-12,14-16H2,1H3;(H,6,7). The molecule has 41 heavy (non-hydrogen) atoms. The second kappa shape index (κ2) is 11.8. The highest BCUT2D eigenvalue weighted by Gasteiger charge is 2.71. The van der Waals surface area contributed by atoms with Gasteiger partial charge in [-0.25, -0.2) is 4.79 Å². The zero-order valence-electron chi connectivity index (χ0n) is 21.8. The monoisotopic (exact) mass is 600 g/mol. The number of carboxylic acids is 1. The van der Waals surface area contributed by atoms with Crippen molar-refractivity contribution in [3.63, 3.8) is 0 Å². The average molecular weight is 601 g/mol. The quantitative estimate of drug-likeness (QED) is 0.365. The van der Waals surface area contributed by atoms with Crippen LogP contribution in [0.4, 0.5) is 39.5 Å². The van der Waals surface area contributed by atoms with Gasteiger partial charge in [0.25, 0.3) is 5.60 Å². The number of aliphatic hydroxyl groups is 1. The minimum absolute atomic E-state index is 0.464. The Morgan fingerprint density at radius 1 is 0.902 bits per heavy atom. The first kappa shape index (κ1) is 32.7. The number of alkyl halides is 9. The number of piperidine rings is 1. The maximum absolute atomic E-state index is 13.2. The van der Waals surface area contributed by atoms with Crippen LogP contribution in [-0.4, -0.2) is 65.8 Å². The second-order valence-electron chi connectivity index (χ2n) is 10.3. The van der Waals surface area contributed by atoms with E-state index in [1.165, 1.54) is 25.0 Å². The third kappa shape index (κ3) is 7.15. The molecule has 0 amide bonds. The largest absolute Gasteiger partial charge is 0.490 e. The summed E-state index contributed by atoms with van der Waals surface area (Å²) in [7, 11) is 0. The van der Waals surface area contributed by atoms with Crippen LogP contribution >= 0.6 is 0 Å². The van der Waals surface area contributed by atoms with Crippen molar-refractivity contribution in [3.05, 3.63) is 59.2 Å². The lowest BCUT2D eigenvalue weighted by Crippen LogP contribution is -2.58. The Bertz CT molecular complexity index is 1180. The molecular weight excluding hydrogens is 571 g/mol. The number of benzene rings is 2. The van der Waals surface area contributed by atoms with Crippen LogP contribution in [0.5, 0.6) is 0 Å². The molecule has 2 heterocycles. The van der Waals surface area contributed by atoms with Crippen LogP contribution in [0.25, 0.3) is 11.1 Å². The van der Waals surface area contributed by atoms with Gasteiger partial charge in [0.05, 0.1) is 0 Å². The third-order valence-electron chi connectivity index (χ3n) is 7.55. The maximum atomic E-state index is 13.2. The SMILES string of the molecule is CCc1cc(CN2CCC3(CC2)CNC3)ccc1-c1ccc(C(O)(C(F)(F)F)C(F)(F)F)cc1.O=C(O)C(F)(F)F. The molecule has 0 aliphatic carbocycles. The molecule has 2 fully saturated rings. The fraction of sp³-hybridized carbons (Fsp3) is 0.519. The van der Waals surface area contributed by atoms with E-state index in [1.807, 2.05) is 19.1 Å². The molecule has 1 spiro atoms. The number of aliphatic carboxylic acids is 1. The van der Waals surface area contributed by atoms with Crippen LogP contribution in [0.15, 0.2) is 42.5 Å². The predicted molar refractivity (Wildman–Crippen MR) is 131 cm³/mol. The first-order valence-corrected chi connectivity index (χ1v) is 12.6. The van der Waals surface area contributed by atoms with E-state index in [1.54, 1.807) is 0 Å². The van der Waals surface area contributed by atoms with Crippen molar-refractivity contribution in [2.45, 2.75) is 56.9 Å². The lowest BCUT2D eigenvalue weighted by atomic mass is 9.73. The fourth-order valence-corrected chi connectivity index (χ4v) is 4.97. The van der Waals surface area contributed by atoms with Gasteiger partial charge >= 0.3 is 24.5 Å². The Hall–Kier alpha value is -2.84. The van der Waals surface area contributed by atoms with Crippen LogP contribution < -0.4 is 5.32 Å². The molecule has 14 heteroatoms. The van der Waals surface area contributed by atoms with Crippen molar-refractivity contribution < 1.29 is 54.5 Å². The molecule has 2 aromatic carbocycles. The molecule has 0 atom stereocenters. The number of hydrogen-bond donors (Lipinski definition) is 3. The van der Waals surface area contributed by atoms with Gasteiger partial charge in [-0.3, -0.25) is 4.90 Å². The first-order valence-electron chi connectivity index (χ1n) is 12.6. The molecule has 2 saturated heterocycles. The van der Waals surface area contributed by atoms with Crippen molar-refractivity contribution in [2.24, 2.45) is 5.41 Å². The summed E-state index contributed by atoms with van der Waals surface area (Å²) in [4.78, 5) is 11.3. The van der Waals surface area contributed by atoms with Crippen LogP contribution in [-0.2, 0) is 23.4 Å². The molecular formula is C27H29F9N2O3. The normalized spacial score (nSPS) is 17.9. The minimum Gasteiger partial charge on any atom is -0.475 e. The Balaban J connectivity index is 0.000000587. The number of nitrogens with one attached hydrogen (secondary N) is 1. The number of aryl methyl sites for hydroxylation is 1. The second-order valence-corrected chi connectivity index (χ2v) is 10.3. The Kier molecular flexibility index (Phi) is 9.41. The molecule has 0 aromatic heterocycles. The fourth-order valence-electron chi connectivity index (χ4n) is 4.97. The van der Waals surface area contributed by atoms with E-state index in [2.05, 4.69) is 16.3 Å². The van der Waals surface area contributed by atoms with Gasteiger partial charge in [0.15, 0.2) is 0 Å². The molecule has 5 nitrogen and oxygen atoms in total. The molecule has 0 bridgehead atoms. The number of hydrogen-bond acceptors (Lipinski definition) is 4. The first-order chi connectivity index (χ1) is 18.8. The van der Waals surface area contributed by atoms with Gasteiger partial charge in [-0.15, -0.1) is 0 Å². The Morgan fingerprint density at radius 3 is 1.80 bits per heavy atom. The smallest absolute Gasteiger partial charge is 0.475 e. The van der Waals surface area contributed by atoms with Gasteiger partial charge in [-0.2, -0.15) is 39.5 Å². The number of halogens is 9. The molecule has 4 rings (SSSR count). The van der Waals surface area contributed by atoms with Gasteiger partial charge in [0.1, 0.15) is 0 Å². The average Bonchev–Trinajstić information content (AvgIpc) is 2.86. The van der Waals surface area contributed by atoms with E-state index in [-0.39, 0.29) is 0 Å². The van der Waals surface area contributed by atoms with Crippen LogP contribution in [0.3, 0.4) is 0 Å². The van der Waals surface area contributed by atoms with Crippen LogP contribution in [0.1, 0.15) is 36.5 Å². The number of nitrogens with zero attached hydrogens (tertiary/aromatic N) is 1. The number of carboxylic acid groups (broad SMARTS) is 1. The van der Waals surface area contributed by atoms with Gasteiger partial charge in [0, 0.05) is 25.2 Å². The van der Waals surface area contributed by atoms with Crippen molar-refractivity contribution in [3.8, 4) is 11.1 Å². The van der Waals surface area contributed by atoms with Crippen LogP contribution in [0.2, 0.25) is 0 Å². The zero-order valence-corrected chi connectivity index (χ0v) is 21.8. The number of likely N-dealkylation sites (tertiary alicyclic amines) is 1. The van der Waals surface area contributed by atoms with E-state index in [4.69, 9.17) is 9.90 Å². The summed E-state index contributed by atoms with van der Waals surface area (Å²) < 4.78 is 111. The summed E-state index contributed by atoms with van der Waals surface area (Å²) in [6.45, 7) is 7.02. The highest BCUT2D eigenvalue weighted by molar-refractivity contribution is 5.73. The lowest BCUT2D eigenvalue weighted by molar-refractivity contribution is -0.376. The highest BCUT2D eigenvalue weighted by Crippen LogP contribution is 2.50. The number of rotatable bonds is 5. The van der Waals surface area contributed by atoms with E-state index in [9.17, 15) is 44.6 Å². The third-order valence-corrected chi connectivity index (χ3v) is 7.55. The van der Waals surface area contributed by atoms with Crippen molar-refractivity contribution >= 4 is 5.97 Å². The summed E-state index contributed by atoms with van der Waals surface area (Å²) in [6.07, 6.45) is -13.9. The van der Waals surface area contributed by atoms with E-state index in [0.29, 0.717) is 29.5 Å². The summed E-state index contributed by atoms with van der Waals surface area (Å²) in [6, 6.07) is 9.67. The van der Waals surface area contributed by atoms with Crippen molar-refractivity contribution in [1.29, 1.82) is 0 Å². The van der Waals surface area contributed by atoms with E-state index in [0.717, 1.165) is 49.4 Å². The topological polar surface area (TPSA) is 72.8 Å². The summed E-state index contributed by atoms with van der Waals surface area (Å²) in [5, 5.41) is 20.1. The molecule has 0 saturated carbocycles. The lowest BCUT2D eigenvalue weighted by Gasteiger charge is -2.48. The summed E-state index contributed by atoms with van der Waals surface area (Å²) >= 11 is 0. The summed E-state index contributed by atoms with van der Waals surface area (Å²) in [5.41, 5.74) is -2.37. The molecule has 228 valence electrons. The molecule has 0 radical (unpaired) electrons. The van der Waals surface area contributed by atoms with E-state index >= 15 is 0 Å². The highest BCUT2D eigenvalue weighted by atomic mass is 19.4. The van der Waals surface area contributed by atoms with Crippen LogP contribution in [0, 0.1) is 5.41 Å². The zero-order chi connectivity index (χ0) is 30.9. The maximum Gasteiger partial charge on any atom is 0.490 e. The molecule has 2 aromatic rings. The van der Waals surface area contributed by atoms with Gasteiger partial charge in [-0.1, -0.05) is 49.4 Å². The van der Waals surface area contributed by atoms with Gasteiger partial charge in [0.2, 0.25) is 0 Å². The molecule has 0 unspecified atom stereocenters. The van der Waals surface area contributed by atoms with E-state index < -0.39 is 35.7 Å². The number of carbonyl (C=O) groups is 1. The molecule has 2 aliphatic rings. The molecule has 3 N–H and O–H groups in total. The molecule has 2 aliphatic heterocycles. The Labute approximate surface area is 230 Å². The summed E-state index contributed by atoms with van der Waals surface area (Å²) in [5.74, 6) is -2.76. The van der Waals surface area contributed by atoms with Gasteiger partial charge < -0.3 is 15.5 Å². The van der Waals surface area contributed by atoms with Gasteiger partial charge in [-0.05, 0) is 60.0 Å². The van der Waals surface area contributed by atoms with Crippen molar-refractivity contribution in [1.82, 2.24) is 10.2 Å². The predicted octanol–water partition coefficient (Wildman–Crippen LogP) is 6.05. The Morgan fingerprint density at radius 2 is 1.41 bits per heavy atom.